The van der Waals surface area contributed by atoms with Gasteiger partial charge < -0.3 is 10.4 Å². The van der Waals surface area contributed by atoms with E-state index in [2.05, 4.69) is 16.4 Å². The number of hydrogen-bond donors (Lipinski definition) is 2. The Morgan fingerprint density at radius 3 is 2.81 bits per heavy atom. The third-order valence-corrected chi connectivity index (χ3v) is 3.94. The minimum Gasteiger partial charge on any atom is -0.392 e. The second-order valence-corrected chi connectivity index (χ2v) is 5.34. The molecule has 1 aromatic heterocycles. The molecule has 0 saturated carbocycles. The summed E-state index contributed by atoms with van der Waals surface area (Å²) in [7, 11) is 0. The Hall–Kier alpha value is -2.20. The van der Waals surface area contributed by atoms with Gasteiger partial charge in [-0.05, 0) is 55.0 Å². The molecule has 0 unspecified atom stereocenters. The third kappa shape index (κ3) is 2.95. The SMILES string of the molecule is O=C(Nc1cnccc1CO)c1ccc2c(c1)CCCC2. The number of fused-ring (bicyclic) bond motifs is 1. The van der Waals surface area contributed by atoms with E-state index >= 15 is 0 Å². The van der Waals surface area contributed by atoms with Gasteiger partial charge in [-0.2, -0.15) is 0 Å². The Bertz CT molecular complexity index is 668. The lowest BCUT2D eigenvalue weighted by Gasteiger charge is -2.16. The summed E-state index contributed by atoms with van der Waals surface area (Å²) in [5.41, 5.74) is 4.51. The minimum absolute atomic E-state index is 0.123. The predicted molar refractivity (Wildman–Crippen MR) is 81.2 cm³/mol. The van der Waals surface area contributed by atoms with Crippen molar-refractivity contribution >= 4 is 11.6 Å². The Balaban J connectivity index is 1.82. The first-order valence-corrected chi connectivity index (χ1v) is 7.25. The largest absolute Gasteiger partial charge is 0.392 e. The minimum atomic E-state index is -0.161. The van der Waals surface area contributed by atoms with Crippen LogP contribution in [0.3, 0.4) is 0 Å². The number of carbonyl (C=O) groups excluding carboxylic acids is 1. The van der Waals surface area contributed by atoms with Gasteiger partial charge in [0, 0.05) is 17.3 Å². The number of nitrogens with one attached hydrogen (secondary N) is 1. The van der Waals surface area contributed by atoms with Crippen LogP contribution in [0.1, 0.15) is 39.9 Å². The van der Waals surface area contributed by atoms with Crippen LogP contribution in [0.4, 0.5) is 5.69 Å². The summed E-state index contributed by atoms with van der Waals surface area (Å²) in [5.74, 6) is -0.161. The molecule has 21 heavy (non-hydrogen) atoms. The van der Waals surface area contributed by atoms with E-state index in [-0.39, 0.29) is 12.5 Å². The van der Waals surface area contributed by atoms with Crippen LogP contribution in [0.2, 0.25) is 0 Å². The molecule has 4 nitrogen and oxygen atoms in total. The van der Waals surface area contributed by atoms with Crippen LogP contribution in [-0.2, 0) is 19.4 Å². The zero-order chi connectivity index (χ0) is 14.7. The molecule has 0 bridgehead atoms. The van der Waals surface area contributed by atoms with E-state index in [0.29, 0.717) is 16.8 Å². The van der Waals surface area contributed by atoms with Gasteiger partial charge in [0.05, 0.1) is 18.5 Å². The first-order chi connectivity index (χ1) is 10.3. The summed E-state index contributed by atoms with van der Waals surface area (Å²) in [6.45, 7) is -0.123. The molecule has 108 valence electrons. The predicted octanol–water partition coefficient (Wildman–Crippen LogP) is 2.71. The van der Waals surface area contributed by atoms with E-state index in [9.17, 15) is 9.90 Å². The Morgan fingerprint density at radius 1 is 1.19 bits per heavy atom. The number of anilines is 1. The molecule has 1 heterocycles. The highest BCUT2D eigenvalue weighted by Crippen LogP contribution is 2.23. The topological polar surface area (TPSA) is 62.2 Å². The molecule has 0 atom stereocenters. The number of amides is 1. The zero-order valence-electron chi connectivity index (χ0n) is 11.8. The Kier molecular flexibility index (Phi) is 3.97. The number of pyridine rings is 1. The van der Waals surface area contributed by atoms with Crippen molar-refractivity contribution in [2.75, 3.05) is 5.32 Å². The number of aryl methyl sites for hydroxylation is 2. The summed E-state index contributed by atoms with van der Waals surface area (Å²) in [6.07, 6.45) is 7.73. The van der Waals surface area contributed by atoms with Crippen molar-refractivity contribution in [3.05, 3.63) is 58.9 Å². The van der Waals surface area contributed by atoms with Gasteiger partial charge in [-0.1, -0.05) is 6.07 Å². The second kappa shape index (κ2) is 6.06. The fraction of sp³-hybridized carbons (Fsp3) is 0.294. The van der Waals surface area contributed by atoms with Gasteiger partial charge in [-0.15, -0.1) is 0 Å². The standard InChI is InChI=1S/C17H18N2O2/c20-11-15-7-8-18-10-16(15)19-17(21)14-6-5-12-3-1-2-4-13(12)9-14/h5-10,20H,1-4,11H2,(H,19,21). The fourth-order valence-electron chi connectivity index (χ4n) is 2.74. The van der Waals surface area contributed by atoms with Crippen molar-refractivity contribution in [3.8, 4) is 0 Å². The van der Waals surface area contributed by atoms with Crippen molar-refractivity contribution in [1.82, 2.24) is 4.98 Å². The number of aliphatic hydroxyl groups excluding tert-OH is 1. The van der Waals surface area contributed by atoms with Crippen LogP contribution < -0.4 is 5.32 Å². The van der Waals surface area contributed by atoms with Crippen LogP contribution >= 0.6 is 0 Å². The molecule has 0 fully saturated rings. The van der Waals surface area contributed by atoms with Crippen LogP contribution in [0.15, 0.2) is 36.7 Å². The van der Waals surface area contributed by atoms with Crippen LogP contribution in [-0.4, -0.2) is 16.0 Å². The quantitative estimate of drug-likeness (QED) is 0.910. The molecule has 2 N–H and O–H groups in total. The highest BCUT2D eigenvalue weighted by molar-refractivity contribution is 6.04. The highest BCUT2D eigenvalue weighted by Gasteiger charge is 2.14. The second-order valence-electron chi connectivity index (χ2n) is 5.34. The zero-order valence-corrected chi connectivity index (χ0v) is 11.8. The first-order valence-electron chi connectivity index (χ1n) is 7.25. The Morgan fingerprint density at radius 2 is 2.00 bits per heavy atom. The lowest BCUT2D eigenvalue weighted by molar-refractivity contribution is 0.102. The molecule has 4 heteroatoms. The van der Waals surface area contributed by atoms with Gasteiger partial charge >= 0.3 is 0 Å². The molecule has 2 aromatic rings. The smallest absolute Gasteiger partial charge is 0.255 e. The van der Waals surface area contributed by atoms with Crippen molar-refractivity contribution in [1.29, 1.82) is 0 Å². The lowest BCUT2D eigenvalue weighted by Crippen LogP contribution is -2.15. The maximum atomic E-state index is 12.3. The molecule has 0 spiro atoms. The molecule has 1 amide bonds. The number of nitrogens with zero attached hydrogens (tertiary/aromatic N) is 1. The summed E-state index contributed by atoms with van der Waals surface area (Å²) >= 11 is 0. The number of hydrogen-bond acceptors (Lipinski definition) is 3. The van der Waals surface area contributed by atoms with Gasteiger partial charge in [-0.25, -0.2) is 0 Å². The average Bonchev–Trinajstić information content (AvgIpc) is 2.55. The van der Waals surface area contributed by atoms with Crippen LogP contribution in [0, 0.1) is 0 Å². The lowest BCUT2D eigenvalue weighted by atomic mass is 9.90. The van der Waals surface area contributed by atoms with Gasteiger partial charge in [0.15, 0.2) is 0 Å². The highest BCUT2D eigenvalue weighted by atomic mass is 16.3. The molecule has 0 aliphatic heterocycles. The summed E-state index contributed by atoms with van der Waals surface area (Å²) in [4.78, 5) is 16.3. The number of carbonyl (C=O) groups is 1. The van der Waals surface area contributed by atoms with E-state index in [4.69, 9.17) is 0 Å². The number of aromatic nitrogens is 1. The van der Waals surface area contributed by atoms with E-state index in [0.717, 1.165) is 12.8 Å². The van der Waals surface area contributed by atoms with E-state index in [1.807, 2.05) is 12.1 Å². The Labute approximate surface area is 123 Å². The maximum absolute atomic E-state index is 12.3. The first kappa shape index (κ1) is 13.8. The number of benzene rings is 1. The van der Waals surface area contributed by atoms with Crippen LogP contribution in [0.25, 0.3) is 0 Å². The molecule has 3 rings (SSSR count). The monoisotopic (exact) mass is 282 g/mol. The number of rotatable bonds is 3. The molecule has 1 aliphatic carbocycles. The summed E-state index contributed by atoms with van der Waals surface area (Å²) < 4.78 is 0. The van der Waals surface area contributed by atoms with E-state index in [1.54, 1.807) is 18.5 Å². The van der Waals surface area contributed by atoms with E-state index in [1.165, 1.54) is 24.0 Å². The average molecular weight is 282 g/mol. The van der Waals surface area contributed by atoms with Crippen LogP contribution in [0.5, 0.6) is 0 Å². The molecule has 1 aliphatic rings. The molecular weight excluding hydrogens is 264 g/mol. The molecule has 0 radical (unpaired) electrons. The van der Waals surface area contributed by atoms with Crippen molar-refractivity contribution in [2.45, 2.75) is 32.3 Å². The molecule has 1 aromatic carbocycles. The fourth-order valence-corrected chi connectivity index (χ4v) is 2.74. The van der Waals surface area contributed by atoms with Crippen molar-refractivity contribution in [2.24, 2.45) is 0 Å². The molecule has 0 saturated heterocycles. The normalized spacial score (nSPS) is 13.6. The van der Waals surface area contributed by atoms with Crippen molar-refractivity contribution < 1.29 is 9.90 Å². The third-order valence-electron chi connectivity index (χ3n) is 3.94. The van der Waals surface area contributed by atoms with Gasteiger partial charge in [0.1, 0.15) is 0 Å². The van der Waals surface area contributed by atoms with E-state index < -0.39 is 0 Å². The van der Waals surface area contributed by atoms with Crippen molar-refractivity contribution in [3.63, 3.8) is 0 Å². The number of aliphatic hydroxyl groups is 1. The summed E-state index contributed by atoms with van der Waals surface area (Å²) in [5, 5.41) is 12.1. The van der Waals surface area contributed by atoms with Gasteiger partial charge in [0.25, 0.3) is 5.91 Å². The summed E-state index contributed by atoms with van der Waals surface area (Å²) in [6, 6.07) is 7.61. The molecular formula is C17H18N2O2. The van der Waals surface area contributed by atoms with Gasteiger partial charge in [-0.3, -0.25) is 9.78 Å². The van der Waals surface area contributed by atoms with Gasteiger partial charge in [0.2, 0.25) is 0 Å². The maximum Gasteiger partial charge on any atom is 0.255 e.